The monoisotopic (exact) mass is 247 g/mol. The van der Waals surface area contributed by atoms with E-state index in [1.807, 2.05) is 0 Å². The lowest BCUT2D eigenvalue weighted by molar-refractivity contribution is 0.0775. The number of nitrogen functional groups attached to an aromatic ring is 1. The highest BCUT2D eigenvalue weighted by molar-refractivity contribution is 5.92. The van der Waals surface area contributed by atoms with E-state index in [2.05, 4.69) is 25.1 Å². The van der Waals surface area contributed by atoms with Gasteiger partial charge >= 0.3 is 0 Å². The molecule has 0 aromatic carbocycles. The van der Waals surface area contributed by atoms with E-state index >= 15 is 0 Å². The van der Waals surface area contributed by atoms with Gasteiger partial charge in [-0.3, -0.25) is 14.9 Å². The van der Waals surface area contributed by atoms with Crippen LogP contribution in [0.3, 0.4) is 0 Å². The molecule has 0 aliphatic heterocycles. The number of hydrogen-bond donors (Lipinski definition) is 2. The Bertz CT molecular complexity index is 565. The Morgan fingerprint density at radius 3 is 2.83 bits per heavy atom. The van der Waals surface area contributed by atoms with Crippen LogP contribution in [0.5, 0.6) is 0 Å². The van der Waals surface area contributed by atoms with Crippen molar-refractivity contribution in [2.75, 3.05) is 12.8 Å². The number of rotatable bonds is 3. The third kappa shape index (κ3) is 2.59. The zero-order valence-corrected chi connectivity index (χ0v) is 10.1. The van der Waals surface area contributed by atoms with Crippen LogP contribution in [-0.2, 0) is 6.54 Å². The van der Waals surface area contributed by atoms with Gasteiger partial charge in [0.2, 0.25) is 0 Å². The Balaban J connectivity index is 2.09. The lowest BCUT2D eigenvalue weighted by Crippen LogP contribution is -2.27. The minimum absolute atomic E-state index is 0.199. The summed E-state index contributed by atoms with van der Waals surface area (Å²) >= 11 is 0. The molecular formula is C10H13N7O. The number of aromatic amines is 1. The average Bonchev–Trinajstić information content (AvgIpc) is 2.73. The van der Waals surface area contributed by atoms with Crippen LogP contribution in [-0.4, -0.2) is 43.0 Å². The highest BCUT2D eigenvalue weighted by atomic mass is 16.2. The van der Waals surface area contributed by atoms with E-state index in [9.17, 15) is 4.79 Å². The average molecular weight is 247 g/mol. The molecule has 0 unspecified atom stereocenters. The predicted molar refractivity (Wildman–Crippen MR) is 63.4 cm³/mol. The van der Waals surface area contributed by atoms with Crippen molar-refractivity contribution in [1.29, 1.82) is 0 Å². The molecule has 2 rings (SSSR count). The van der Waals surface area contributed by atoms with Gasteiger partial charge in [0.25, 0.3) is 5.91 Å². The van der Waals surface area contributed by atoms with Crippen LogP contribution >= 0.6 is 0 Å². The fourth-order valence-corrected chi connectivity index (χ4v) is 1.42. The smallest absolute Gasteiger partial charge is 0.274 e. The molecule has 18 heavy (non-hydrogen) atoms. The normalized spacial score (nSPS) is 10.3. The molecule has 0 radical (unpaired) electrons. The van der Waals surface area contributed by atoms with Gasteiger partial charge in [0, 0.05) is 7.05 Å². The molecular weight excluding hydrogens is 234 g/mol. The number of H-pyrrole nitrogens is 1. The molecule has 3 N–H and O–H groups in total. The van der Waals surface area contributed by atoms with Crippen molar-refractivity contribution in [3.05, 3.63) is 29.7 Å². The van der Waals surface area contributed by atoms with Crippen LogP contribution < -0.4 is 5.73 Å². The van der Waals surface area contributed by atoms with Crippen LogP contribution in [0.15, 0.2) is 12.4 Å². The fourth-order valence-electron chi connectivity index (χ4n) is 1.42. The van der Waals surface area contributed by atoms with Gasteiger partial charge in [0.15, 0.2) is 5.82 Å². The lowest BCUT2D eigenvalue weighted by Gasteiger charge is -2.14. The van der Waals surface area contributed by atoms with E-state index in [-0.39, 0.29) is 17.4 Å². The number of nitrogens with zero attached hydrogens (tertiary/aromatic N) is 5. The summed E-state index contributed by atoms with van der Waals surface area (Å²) in [4.78, 5) is 25.3. The first-order valence-corrected chi connectivity index (χ1v) is 5.27. The lowest BCUT2D eigenvalue weighted by atomic mass is 10.3. The van der Waals surface area contributed by atoms with Crippen molar-refractivity contribution >= 4 is 11.7 Å². The molecule has 2 heterocycles. The fraction of sp³-hybridized carbons (Fsp3) is 0.300. The van der Waals surface area contributed by atoms with Gasteiger partial charge in [0.05, 0.1) is 18.9 Å². The van der Waals surface area contributed by atoms with Gasteiger partial charge in [-0.05, 0) is 6.92 Å². The number of aryl methyl sites for hydroxylation is 1. The standard InChI is InChI=1S/C10H13N7O/c1-6-13-9(16-15-6)5-17(2)10(18)7-3-12-4-8(11)14-7/h3-4H,5H2,1-2H3,(H2,11,14)(H,13,15,16). The summed E-state index contributed by atoms with van der Waals surface area (Å²) in [6, 6.07) is 0. The van der Waals surface area contributed by atoms with Gasteiger partial charge < -0.3 is 10.6 Å². The number of nitrogens with one attached hydrogen (secondary N) is 1. The number of carbonyl (C=O) groups is 1. The van der Waals surface area contributed by atoms with E-state index in [0.29, 0.717) is 18.2 Å². The summed E-state index contributed by atoms with van der Waals surface area (Å²) in [6.07, 6.45) is 2.76. The summed E-state index contributed by atoms with van der Waals surface area (Å²) < 4.78 is 0. The molecule has 0 aliphatic carbocycles. The molecule has 0 saturated heterocycles. The zero-order chi connectivity index (χ0) is 13.1. The highest BCUT2D eigenvalue weighted by Gasteiger charge is 2.15. The number of anilines is 1. The maximum absolute atomic E-state index is 12.0. The Hall–Kier alpha value is -2.51. The van der Waals surface area contributed by atoms with E-state index in [0.717, 1.165) is 0 Å². The minimum atomic E-state index is -0.280. The first kappa shape index (κ1) is 12.0. The highest BCUT2D eigenvalue weighted by Crippen LogP contribution is 2.04. The predicted octanol–water partition coefficient (Wildman–Crippen LogP) is -0.242. The molecule has 0 atom stereocenters. The third-order valence-corrected chi connectivity index (χ3v) is 2.24. The Labute approximate surface area is 103 Å². The second-order valence-electron chi connectivity index (χ2n) is 3.83. The van der Waals surface area contributed by atoms with Crippen LogP contribution in [0.2, 0.25) is 0 Å². The summed E-state index contributed by atoms with van der Waals surface area (Å²) in [5.41, 5.74) is 5.68. The van der Waals surface area contributed by atoms with Gasteiger partial charge in [-0.1, -0.05) is 0 Å². The minimum Gasteiger partial charge on any atom is -0.382 e. The van der Waals surface area contributed by atoms with Crippen molar-refractivity contribution in [3.8, 4) is 0 Å². The number of nitrogens with two attached hydrogens (primary N) is 1. The van der Waals surface area contributed by atoms with Crippen LogP contribution in [0.4, 0.5) is 5.82 Å². The molecule has 0 fully saturated rings. The maximum Gasteiger partial charge on any atom is 0.274 e. The van der Waals surface area contributed by atoms with Gasteiger partial charge in [-0.15, -0.1) is 0 Å². The topological polar surface area (TPSA) is 114 Å². The Morgan fingerprint density at radius 1 is 1.44 bits per heavy atom. The second kappa shape index (κ2) is 4.78. The number of aromatic nitrogens is 5. The van der Waals surface area contributed by atoms with Crippen LogP contribution in [0.25, 0.3) is 0 Å². The molecule has 1 amide bonds. The van der Waals surface area contributed by atoms with Crippen LogP contribution in [0, 0.1) is 6.92 Å². The van der Waals surface area contributed by atoms with Gasteiger partial charge in [0.1, 0.15) is 17.3 Å². The molecule has 0 saturated carbocycles. The molecule has 0 bridgehead atoms. The zero-order valence-electron chi connectivity index (χ0n) is 10.1. The molecule has 8 heteroatoms. The summed E-state index contributed by atoms with van der Waals surface area (Å²) in [5.74, 6) is 1.18. The van der Waals surface area contributed by atoms with Crippen molar-refractivity contribution in [2.45, 2.75) is 13.5 Å². The SMILES string of the molecule is Cc1nc(CN(C)C(=O)c2cncc(N)n2)n[nH]1. The van der Waals surface area contributed by atoms with E-state index in [4.69, 9.17) is 5.73 Å². The number of amides is 1. The first-order chi connectivity index (χ1) is 8.56. The second-order valence-corrected chi connectivity index (χ2v) is 3.83. The summed E-state index contributed by atoms with van der Waals surface area (Å²) in [5, 5.41) is 6.67. The molecule has 2 aromatic rings. The Kier molecular flexibility index (Phi) is 3.18. The van der Waals surface area contributed by atoms with Crippen molar-refractivity contribution in [2.24, 2.45) is 0 Å². The largest absolute Gasteiger partial charge is 0.382 e. The summed E-state index contributed by atoms with van der Waals surface area (Å²) in [7, 11) is 1.64. The summed E-state index contributed by atoms with van der Waals surface area (Å²) in [6.45, 7) is 2.08. The molecule has 94 valence electrons. The van der Waals surface area contributed by atoms with Gasteiger partial charge in [-0.25, -0.2) is 9.97 Å². The van der Waals surface area contributed by atoms with E-state index < -0.39 is 0 Å². The number of carbonyl (C=O) groups excluding carboxylic acids is 1. The quantitative estimate of drug-likeness (QED) is 0.773. The molecule has 2 aromatic heterocycles. The van der Waals surface area contributed by atoms with Crippen molar-refractivity contribution in [1.82, 2.24) is 30.0 Å². The number of hydrogen-bond acceptors (Lipinski definition) is 6. The van der Waals surface area contributed by atoms with Crippen LogP contribution in [0.1, 0.15) is 22.1 Å². The third-order valence-electron chi connectivity index (χ3n) is 2.24. The van der Waals surface area contributed by atoms with Crippen molar-refractivity contribution in [3.63, 3.8) is 0 Å². The first-order valence-electron chi connectivity index (χ1n) is 5.27. The molecule has 8 nitrogen and oxygen atoms in total. The molecule has 0 spiro atoms. The van der Waals surface area contributed by atoms with E-state index in [1.54, 1.807) is 14.0 Å². The Morgan fingerprint density at radius 2 is 2.22 bits per heavy atom. The van der Waals surface area contributed by atoms with E-state index in [1.165, 1.54) is 17.3 Å². The van der Waals surface area contributed by atoms with Crippen molar-refractivity contribution < 1.29 is 4.79 Å². The maximum atomic E-state index is 12.0. The van der Waals surface area contributed by atoms with Gasteiger partial charge in [-0.2, -0.15) is 5.10 Å². The molecule has 0 aliphatic rings.